The van der Waals surface area contributed by atoms with E-state index in [0.29, 0.717) is 0 Å². The number of fused-ring (bicyclic) bond motifs is 8. The molecule has 0 atom stereocenters. The molecule has 11 rings (SSSR count). The summed E-state index contributed by atoms with van der Waals surface area (Å²) in [6, 6.07) is 40.6. The molecule has 0 radical (unpaired) electrons. The topological polar surface area (TPSA) is 19.6 Å². The Morgan fingerprint density at radius 1 is 0.569 bits per heavy atom. The fraction of sp³-hybridized carbons (Fsp3) is 0.367. The number of furan rings is 1. The highest BCUT2D eigenvalue weighted by Crippen LogP contribution is 2.53. The lowest BCUT2D eigenvalue weighted by Crippen LogP contribution is -2.61. The number of nitrogens with zero attached hydrogens (tertiary/aromatic N) is 2. The van der Waals surface area contributed by atoms with Gasteiger partial charge in [-0.05, 0) is 181 Å². The number of hydrogen-bond donors (Lipinski definition) is 0. The molecule has 0 amide bonds. The van der Waals surface area contributed by atoms with Gasteiger partial charge in [0.15, 0.2) is 0 Å². The maximum Gasteiger partial charge on any atom is 0.297 e. The van der Waals surface area contributed by atoms with Gasteiger partial charge in [0, 0.05) is 44.1 Å². The van der Waals surface area contributed by atoms with Gasteiger partial charge in [0.2, 0.25) is 0 Å². The van der Waals surface area contributed by atoms with Crippen LogP contribution in [-0.2, 0) is 27.1 Å². The zero-order valence-electron chi connectivity index (χ0n) is 41.5. The SMILES string of the molecule is Cc1cc2c3c(c1)N(c1cccc(-c4ccccc4C)c1[SiH3])c1c(oc4cc5c(cc14)C(C)(C)CCC5(C)C)B3c1cc3c(cc1N2c1ccc(C(C)(C)C)cc1)C(C)(C)CCC3(C)C. The van der Waals surface area contributed by atoms with E-state index in [9.17, 15) is 0 Å². The maximum absolute atomic E-state index is 7.66. The van der Waals surface area contributed by atoms with E-state index in [1.54, 1.807) is 0 Å². The predicted octanol–water partition coefficient (Wildman–Crippen LogP) is 12.8. The highest BCUT2D eigenvalue weighted by Gasteiger charge is 2.50. The van der Waals surface area contributed by atoms with Crippen LogP contribution in [0.25, 0.3) is 22.1 Å². The van der Waals surface area contributed by atoms with Gasteiger partial charge in [-0.2, -0.15) is 0 Å². The monoisotopic (exact) mass is 871 g/mol. The van der Waals surface area contributed by atoms with Crippen molar-refractivity contribution in [3.8, 4) is 11.1 Å². The summed E-state index contributed by atoms with van der Waals surface area (Å²) in [6.07, 6.45) is 4.65. The van der Waals surface area contributed by atoms with Crippen LogP contribution in [0, 0.1) is 13.8 Å². The molecule has 0 unspecified atom stereocenters. The van der Waals surface area contributed by atoms with E-state index in [2.05, 4.69) is 203 Å². The van der Waals surface area contributed by atoms with Gasteiger partial charge >= 0.3 is 0 Å². The maximum atomic E-state index is 7.66. The van der Waals surface area contributed by atoms with Crippen LogP contribution < -0.4 is 31.6 Å². The van der Waals surface area contributed by atoms with E-state index in [1.165, 1.54) is 112 Å². The summed E-state index contributed by atoms with van der Waals surface area (Å²) < 4.78 is 7.66. The van der Waals surface area contributed by atoms with Crippen LogP contribution in [-0.4, -0.2) is 17.0 Å². The van der Waals surface area contributed by atoms with Gasteiger partial charge < -0.3 is 14.2 Å². The summed E-state index contributed by atoms with van der Waals surface area (Å²) in [5.74, 6) is 0. The Bertz CT molecular complexity index is 3140. The molecule has 0 N–H and O–H groups in total. The van der Waals surface area contributed by atoms with Crippen LogP contribution in [0.15, 0.2) is 108 Å². The molecule has 3 heterocycles. The van der Waals surface area contributed by atoms with E-state index in [-0.39, 0.29) is 33.8 Å². The van der Waals surface area contributed by atoms with Gasteiger partial charge in [-0.3, -0.25) is 0 Å². The van der Waals surface area contributed by atoms with E-state index < -0.39 is 0 Å². The molecule has 6 aromatic carbocycles. The third-order valence-electron chi connectivity index (χ3n) is 16.7. The fourth-order valence-corrected chi connectivity index (χ4v) is 13.2. The first-order chi connectivity index (χ1) is 30.6. The minimum atomic E-state index is -0.0966. The molecule has 0 spiro atoms. The summed E-state index contributed by atoms with van der Waals surface area (Å²) in [5, 5.41) is 2.63. The smallest absolute Gasteiger partial charge is 0.297 e. The zero-order valence-corrected chi connectivity index (χ0v) is 43.5. The zero-order chi connectivity index (χ0) is 45.9. The molecule has 0 fully saturated rings. The van der Waals surface area contributed by atoms with Gasteiger partial charge in [0.25, 0.3) is 6.71 Å². The lowest BCUT2D eigenvalue weighted by molar-refractivity contribution is 0.332. The van der Waals surface area contributed by atoms with Crippen LogP contribution in [0.4, 0.5) is 34.1 Å². The van der Waals surface area contributed by atoms with Crippen molar-refractivity contribution >= 4 is 83.8 Å². The van der Waals surface area contributed by atoms with Crippen molar-refractivity contribution in [1.29, 1.82) is 0 Å². The van der Waals surface area contributed by atoms with Crippen molar-refractivity contribution < 1.29 is 4.42 Å². The average Bonchev–Trinajstić information content (AvgIpc) is 3.62. The van der Waals surface area contributed by atoms with Gasteiger partial charge in [0.1, 0.15) is 5.58 Å². The van der Waals surface area contributed by atoms with Crippen LogP contribution in [0.3, 0.4) is 0 Å². The van der Waals surface area contributed by atoms with Crippen LogP contribution in [0.1, 0.15) is 141 Å². The van der Waals surface area contributed by atoms with Crippen molar-refractivity contribution in [2.24, 2.45) is 0 Å². The number of anilines is 6. The van der Waals surface area contributed by atoms with Crippen LogP contribution in [0.5, 0.6) is 0 Å². The second kappa shape index (κ2) is 13.9. The highest BCUT2D eigenvalue weighted by molar-refractivity contribution is 7.00. The second-order valence-electron chi connectivity index (χ2n) is 24.1. The Hall–Kier alpha value is -5.26. The number of aryl methyl sites for hydroxylation is 2. The van der Waals surface area contributed by atoms with E-state index in [4.69, 9.17) is 4.42 Å². The first kappa shape index (κ1) is 42.4. The minimum absolute atomic E-state index is 0.0425. The summed E-state index contributed by atoms with van der Waals surface area (Å²) in [4.78, 5) is 5.27. The average molecular weight is 871 g/mol. The molecule has 2 aliphatic carbocycles. The van der Waals surface area contributed by atoms with Crippen LogP contribution in [0.2, 0.25) is 0 Å². The van der Waals surface area contributed by atoms with Crippen molar-refractivity contribution in [2.45, 2.75) is 143 Å². The first-order valence-corrected chi connectivity index (χ1v) is 25.4. The van der Waals surface area contributed by atoms with Gasteiger partial charge in [-0.25, -0.2) is 0 Å². The van der Waals surface area contributed by atoms with E-state index in [0.717, 1.165) is 40.7 Å². The number of rotatable bonds is 3. The normalized spacial score (nSPS) is 18.5. The summed E-state index contributed by atoms with van der Waals surface area (Å²) in [7, 11) is 0.870. The Kier molecular flexibility index (Phi) is 9.06. The molecule has 0 bridgehead atoms. The fourth-order valence-electron chi connectivity index (χ4n) is 12.4. The lowest BCUT2D eigenvalue weighted by atomic mass is 9.35. The number of hydrogen-bond acceptors (Lipinski definition) is 3. The molecule has 1 aromatic heterocycles. The molecule has 2 aliphatic heterocycles. The standard InChI is InChI=1S/C60H67BN2OSi/c1-35-29-49-52-50(30-35)63(47-20-16-19-40(54(47)65)39-18-15-14-17-36(39)2)53-41-31-42-45(60(12,13)28-25-57(42,6)7)34-51(41)64-55(53)61(52)46-32-43-44(59(10,11)27-26-58(43,8)9)33-48(46)62(49)38-23-21-37(22-24-38)56(3,4)5/h14-24,29-34H,25-28H2,1-13,65H3. The Morgan fingerprint density at radius 3 is 1.74 bits per heavy atom. The molecule has 3 nitrogen and oxygen atoms in total. The Morgan fingerprint density at radius 2 is 1.12 bits per heavy atom. The summed E-state index contributed by atoms with van der Waals surface area (Å²) in [6.45, 7) is 31.0. The lowest BCUT2D eigenvalue weighted by Gasteiger charge is -2.46. The third kappa shape index (κ3) is 6.27. The van der Waals surface area contributed by atoms with Gasteiger partial charge in [-0.15, -0.1) is 0 Å². The molecular formula is C60H67BN2OSi. The molecule has 7 aromatic rings. The van der Waals surface area contributed by atoms with Gasteiger partial charge in [0.05, 0.1) is 11.3 Å². The quantitative estimate of drug-likeness (QED) is 0.165. The molecule has 4 aliphatic rings. The predicted molar refractivity (Wildman–Crippen MR) is 284 cm³/mol. The molecule has 65 heavy (non-hydrogen) atoms. The second-order valence-corrected chi connectivity index (χ2v) is 25.1. The van der Waals surface area contributed by atoms with Crippen LogP contribution >= 0.6 is 0 Å². The Balaban J connectivity index is 1.28. The van der Waals surface area contributed by atoms with Crippen molar-refractivity contribution in [3.63, 3.8) is 0 Å². The molecule has 5 heteroatoms. The largest absolute Gasteiger partial charge is 0.468 e. The van der Waals surface area contributed by atoms with Crippen molar-refractivity contribution in [1.82, 2.24) is 0 Å². The summed E-state index contributed by atoms with van der Waals surface area (Å²) in [5.41, 5.74) is 24.8. The van der Waals surface area contributed by atoms with Crippen molar-refractivity contribution in [3.05, 3.63) is 142 Å². The number of benzene rings is 6. The minimum Gasteiger partial charge on any atom is -0.468 e. The Labute approximate surface area is 392 Å². The van der Waals surface area contributed by atoms with E-state index >= 15 is 0 Å². The molecule has 0 saturated heterocycles. The molecule has 0 saturated carbocycles. The highest BCUT2D eigenvalue weighted by atomic mass is 28.1. The molecular weight excluding hydrogens is 804 g/mol. The van der Waals surface area contributed by atoms with Gasteiger partial charge in [-0.1, -0.05) is 131 Å². The summed E-state index contributed by atoms with van der Waals surface area (Å²) >= 11 is 0. The first-order valence-electron chi connectivity index (χ1n) is 24.4. The van der Waals surface area contributed by atoms with Crippen molar-refractivity contribution in [2.75, 3.05) is 9.80 Å². The molecule has 330 valence electrons. The third-order valence-corrected chi connectivity index (χ3v) is 17.8. The van der Waals surface area contributed by atoms with E-state index in [1.807, 2.05) is 0 Å².